The zero-order valence-corrected chi connectivity index (χ0v) is 13.4. The van der Waals surface area contributed by atoms with Gasteiger partial charge in [-0.3, -0.25) is 9.80 Å². The highest BCUT2D eigenvalue weighted by Gasteiger charge is 2.30. The molecule has 1 heterocycles. The average molecular weight is 302 g/mol. The molecule has 22 heavy (non-hydrogen) atoms. The van der Waals surface area contributed by atoms with E-state index in [1.807, 2.05) is 17.1 Å². The summed E-state index contributed by atoms with van der Waals surface area (Å²) in [7, 11) is 1.69. The Kier molecular flexibility index (Phi) is 4.98. The predicted molar refractivity (Wildman–Crippen MR) is 86.4 cm³/mol. The highest BCUT2D eigenvalue weighted by molar-refractivity contribution is 5.76. The number of piperidine rings is 1. The molecule has 0 aromatic heterocycles. The van der Waals surface area contributed by atoms with Crippen LogP contribution in [0.2, 0.25) is 0 Å². The molecule has 1 atom stereocenters. The topological polar surface area (TPSA) is 41.6 Å². The molecule has 2 aliphatic rings. The van der Waals surface area contributed by atoms with Gasteiger partial charge in [-0.25, -0.2) is 5.43 Å². The van der Waals surface area contributed by atoms with E-state index in [4.69, 9.17) is 4.74 Å². The van der Waals surface area contributed by atoms with Crippen molar-refractivity contribution in [2.24, 2.45) is 5.92 Å². The summed E-state index contributed by atoms with van der Waals surface area (Å²) >= 11 is 0. The van der Waals surface area contributed by atoms with E-state index in [2.05, 4.69) is 17.6 Å². The van der Waals surface area contributed by atoms with Crippen molar-refractivity contribution in [3.05, 3.63) is 29.8 Å². The largest absolute Gasteiger partial charge is 0.497 e. The molecule has 1 amide bonds. The monoisotopic (exact) mass is 302 g/mol. The van der Waals surface area contributed by atoms with Crippen molar-refractivity contribution in [2.75, 3.05) is 13.7 Å². The van der Waals surface area contributed by atoms with Gasteiger partial charge in [0.2, 0.25) is 5.91 Å². The Hall–Kier alpha value is -1.55. The fraction of sp³-hybridized carbons (Fsp3) is 0.611. The number of ether oxygens (including phenoxy) is 1. The molecule has 1 saturated heterocycles. The molecule has 1 aromatic rings. The van der Waals surface area contributed by atoms with Gasteiger partial charge in [0.15, 0.2) is 0 Å². The molecule has 4 nitrogen and oxygen atoms in total. The molecule has 1 saturated carbocycles. The summed E-state index contributed by atoms with van der Waals surface area (Å²) < 4.78 is 5.26. The molecule has 4 heteroatoms. The second-order valence-corrected chi connectivity index (χ2v) is 6.43. The van der Waals surface area contributed by atoms with Crippen LogP contribution in [0.5, 0.6) is 5.75 Å². The zero-order chi connectivity index (χ0) is 15.4. The first kappa shape index (κ1) is 15.3. The van der Waals surface area contributed by atoms with Crippen LogP contribution >= 0.6 is 0 Å². The Morgan fingerprint density at radius 2 is 1.86 bits per heavy atom. The van der Waals surface area contributed by atoms with Gasteiger partial charge in [-0.2, -0.15) is 0 Å². The van der Waals surface area contributed by atoms with E-state index in [-0.39, 0.29) is 11.9 Å². The van der Waals surface area contributed by atoms with Gasteiger partial charge < -0.3 is 4.74 Å². The van der Waals surface area contributed by atoms with Crippen LogP contribution in [0, 0.1) is 5.92 Å². The highest BCUT2D eigenvalue weighted by Crippen LogP contribution is 2.36. The van der Waals surface area contributed by atoms with Crippen LogP contribution < -0.4 is 10.2 Å². The third-order valence-corrected chi connectivity index (χ3v) is 4.96. The van der Waals surface area contributed by atoms with Crippen molar-refractivity contribution in [3.8, 4) is 5.75 Å². The molecule has 2 fully saturated rings. The third-order valence-electron chi connectivity index (χ3n) is 4.96. The SMILES string of the molecule is COc1ccc([C@H](NN2CCCCC2=O)C2CCCC2)cc1. The van der Waals surface area contributed by atoms with E-state index in [0.29, 0.717) is 12.3 Å². The normalized spacial score (nSPS) is 21.1. The van der Waals surface area contributed by atoms with Gasteiger partial charge in [-0.05, 0) is 49.3 Å². The van der Waals surface area contributed by atoms with Crippen molar-refractivity contribution >= 4 is 5.91 Å². The first-order valence-corrected chi connectivity index (χ1v) is 8.48. The van der Waals surface area contributed by atoms with Gasteiger partial charge in [0.1, 0.15) is 5.75 Å². The van der Waals surface area contributed by atoms with Crippen LogP contribution in [0.4, 0.5) is 0 Å². The van der Waals surface area contributed by atoms with Crippen LogP contribution in [-0.4, -0.2) is 24.6 Å². The number of methoxy groups -OCH3 is 1. The van der Waals surface area contributed by atoms with Crippen molar-refractivity contribution < 1.29 is 9.53 Å². The fourth-order valence-electron chi connectivity index (χ4n) is 3.66. The minimum atomic E-state index is 0.232. The van der Waals surface area contributed by atoms with Gasteiger partial charge in [0.05, 0.1) is 13.2 Å². The van der Waals surface area contributed by atoms with Crippen LogP contribution in [0.25, 0.3) is 0 Å². The molecule has 0 bridgehead atoms. The first-order valence-electron chi connectivity index (χ1n) is 8.48. The van der Waals surface area contributed by atoms with Gasteiger partial charge in [0.25, 0.3) is 0 Å². The number of rotatable bonds is 5. The van der Waals surface area contributed by atoms with E-state index in [1.165, 1.54) is 31.2 Å². The number of benzene rings is 1. The van der Waals surface area contributed by atoms with E-state index in [9.17, 15) is 4.79 Å². The summed E-state index contributed by atoms with van der Waals surface area (Å²) in [5, 5.41) is 1.86. The number of hydrazine groups is 1. The van der Waals surface area contributed by atoms with Crippen LogP contribution in [0.3, 0.4) is 0 Å². The maximum absolute atomic E-state index is 12.1. The Morgan fingerprint density at radius 1 is 1.14 bits per heavy atom. The number of carbonyl (C=O) groups excluding carboxylic acids is 1. The number of nitrogens with one attached hydrogen (secondary N) is 1. The van der Waals surface area contributed by atoms with Crippen molar-refractivity contribution in [3.63, 3.8) is 0 Å². The Morgan fingerprint density at radius 3 is 2.50 bits per heavy atom. The minimum Gasteiger partial charge on any atom is -0.497 e. The molecule has 1 aromatic carbocycles. The van der Waals surface area contributed by atoms with Crippen LogP contribution in [-0.2, 0) is 4.79 Å². The summed E-state index contributed by atoms with van der Waals surface area (Å²) in [5.41, 5.74) is 4.80. The number of nitrogens with zero attached hydrogens (tertiary/aromatic N) is 1. The Balaban J connectivity index is 1.77. The molecule has 0 spiro atoms. The zero-order valence-electron chi connectivity index (χ0n) is 13.4. The Bertz CT molecular complexity index is 494. The van der Waals surface area contributed by atoms with E-state index < -0.39 is 0 Å². The molecular weight excluding hydrogens is 276 g/mol. The maximum Gasteiger partial charge on any atom is 0.236 e. The van der Waals surface area contributed by atoms with E-state index in [1.54, 1.807) is 7.11 Å². The van der Waals surface area contributed by atoms with Crippen molar-refractivity contribution in [1.82, 2.24) is 10.4 Å². The molecule has 1 aliphatic carbocycles. The predicted octanol–water partition coefficient (Wildman–Crippen LogP) is 3.44. The third kappa shape index (κ3) is 3.43. The summed E-state index contributed by atoms with van der Waals surface area (Å²) in [6, 6.07) is 8.51. The quantitative estimate of drug-likeness (QED) is 0.906. The molecule has 1 aliphatic heterocycles. The molecular formula is C18H26N2O2. The van der Waals surface area contributed by atoms with E-state index >= 15 is 0 Å². The fourth-order valence-corrected chi connectivity index (χ4v) is 3.66. The summed E-state index contributed by atoms with van der Waals surface area (Å²) in [4.78, 5) is 12.1. The Labute approximate surface area is 132 Å². The second-order valence-electron chi connectivity index (χ2n) is 6.43. The number of carbonyl (C=O) groups is 1. The summed E-state index contributed by atoms with van der Waals surface area (Å²) in [6.45, 7) is 0.832. The standard InChI is InChI=1S/C18H26N2O2/c1-22-16-11-9-15(10-12-16)18(14-6-2-3-7-14)19-20-13-5-4-8-17(20)21/h9-12,14,18-19H,2-8,13H2,1H3/t18-/m1/s1. The molecule has 120 valence electrons. The maximum atomic E-state index is 12.1. The lowest BCUT2D eigenvalue weighted by Crippen LogP contribution is -2.48. The van der Waals surface area contributed by atoms with E-state index in [0.717, 1.165) is 25.1 Å². The minimum absolute atomic E-state index is 0.232. The van der Waals surface area contributed by atoms with Gasteiger partial charge in [-0.1, -0.05) is 25.0 Å². The van der Waals surface area contributed by atoms with Gasteiger partial charge in [-0.15, -0.1) is 0 Å². The molecule has 0 radical (unpaired) electrons. The number of amides is 1. The van der Waals surface area contributed by atoms with Crippen LogP contribution in [0.15, 0.2) is 24.3 Å². The number of hydrogen-bond acceptors (Lipinski definition) is 3. The molecule has 3 rings (SSSR count). The van der Waals surface area contributed by atoms with Gasteiger partial charge in [0, 0.05) is 13.0 Å². The van der Waals surface area contributed by atoms with Crippen molar-refractivity contribution in [1.29, 1.82) is 0 Å². The van der Waals surface area contributed by atoms with Crippen molar-refractivity contribution in [2.45, 2.75) is 51.0 Å². The summed E-state index contributed by atoms with van der Waals surface area (Å²) in [6.07, 6.45) is 7.87. The van der Waals surface area contributed by atoms with Gasteiger partial charge >= 0.3 is 0 Å². The lowest BCUT2D eigenvalue weighted by Gasteiger charge is -2.34. The smallest absolute Gasteiger partial charge is 0.236 e. The number of hydrogen-bond donors (Lipinski definition) is 1. The summed E-state index contributed by atoms with van der Waals surface area (Å²) in [5.74, 6) is 1.73. The lowest BCUT2D eigenvalue weighted by atomic mass is 9.92. The van der Waals surface area contributed by atoms with Crippen LogP contribution in [0.1, 0.15) is 56.6 Å². The first-order chi connectivity index (χ1) is 10.8. The molecule has 0 unspecified atom stereocenters. The molecule has 1 N–H and O–H groups in total. The average Bonchev–Trinajstić information content (AvgIpc) is 3.08. The highest BCUT2D eigenvalue weighted by atomic mass is 16.5. The second kappa shape index (κ2) is 7.14. The lowest BCUT2D eigenvalue weighted by molar-refractivity contribution is -0.138.